The van der Waals surface area contributed by atoms with Crippen LogP contribution < -0.4 is 10.5 Å². The predicted octanol–water partition coefficient (Wildman–Crippen LogP) is 1.94. The van der Waals surface area contributed by atoms with E-state index < -0.39 is 11.9 Å². The Hall–Kier alpha value is -2.34. The zero-order valence-electron chi connectivity index (χ0n) is 10.7. The SMILES string of the molecule is CCC(=O)Oc1cn(-c2cccc(Cl)c2)nc1C(N)=O. The van der Waals surface area contributed by atoms with Crippen molar-refractivity contribution < 1.29 is 14.3 Å². The van der Waals surface area contributed by atoms with Gasteiger partial charge in [0.1, 0.15) is 0 Å². The van der Waals surface area contributed by atoms with Crippen LogP contribution in [0.15, 0.2) is 30.5 Å². The van der Waals surface area contributed by atoms with Crippen LogP contribution in [-0.4, -0.2) is 21.7 Å². The van der Waals surface area contributed by atoms with E-state index in [4.69, 9.17) is 22.1 Å². The monoisotopic (exact) mass is 293 g/mol. The van der Waals surface area contributed by atoms with Gasteiger partial charge in [-0.1, -0.05) is 24.6 Å². The summed E-state index contributed by atoms with van der Waals surface area (Å²) in [5, 5.41) is 4.53. The summed E-state index contributed by atoms with van der Waals surface area (Å²) in [5.74, 6) is -1.22. The van der Waals surface area contributed by atoms with Crippen molar-refractivity contribution >= 4 is 23.5 Å². The molecule has 1 aromatic carbocycles. The Balaban J connectivity index is 2.43. The van der Waals surface area contributed by atoms with E-state index in [0.29, 0.717) is 10.7 Å². The molecule has 2 N–H and O–H groups in total. The summed E-state index contributed by atoms with van der Waals surface area (Å²) in [7, 11) is 0. The molecule has 1 heterocycles. The van der Waals surface area contributed by atoms with E-state index in [1.165, 1.54) is 10.9 Å². The average molecular weight is 294 g/mol. The summed E-state index contributed by atoms with van der Waals surface area (Å²) < 4.78 is 6.41. The summed E-state index contributed by atoms with van der Waals surface area (Å²) in [6.07, 6.45) is 1.60. The van der Waals surface area contributed by atoms with Gasteiger partial charge in [0, 0.05) is 11.4 Å². The molecule has 0 fully saturated rings. The van der Waals surface area contributed by atoms with Crippen molar-refractivity contribution in [3.63, 3.8) is 0 Å². The van der Waals surface area contributed by atoms with Crippen LogP contribution in [0, 0.1) is 0 Å². The van der Waals surface area contributed by atoms with Gasteiger partial charge in [-0.3, -0.25) is 9.59 Å². The molecule has 2 aromatic rings. The minimum atomic E-state index is -0.773. The number of halogens is 1. The van der Waals surface area contributed by atoms with E-state index in [-0.39, 0.29) is 17.9 Å². The Morgan fingerprint density at radius 2 is 2.20 bits per heavy atom. The lowest BCUT2D eigenvalue weighted by atomic mass is 10.3. The molecular weight excluding hydrogens is 282 g/mol. The van der Waals surface area contributed by atoms with Crippen LogP contribution in [0.25, 0.3) is 5.69 Å². The molecule has 0 atom stereocenters. The van der Waals surface area contributed by atoms with E-state index in [9.17, 15) is 9.59 Å². The van der Waals surface area contributed by atoms with Crippen LogP contribution in [0.1, 0.15) is 23.8 Å². The van der Waals surface area contributed by atoms with Crippen LogP contribution in [-0.2, 0) is 4.79 Å². The molecular formula is C13H12ClN3O3. The predicted molar refractivity (Wildman–Crippen MR) is 73.0 cm³/mol. The molecule has 6 nitrogen and oxygen atoms in total. The first-order chi connectivity index (χ1) is 9.51. The van der Waals surface area contributed by atoms with E-state index >= 15 is 0 Å². The summed E-state index contributed by atoms with van der Waals surface area (Å²) in [5.41, 5.74) is 5.74. The molecule has 20 heavy (non-hydrogen) atoms. The number of nitrogens with two attached hydrogens (primary N) is 1. The number of primary amides is 1. The van der Waals surface area contributed by atoms with Crippen molar-refractivity contribution in [2.75, 3.05) is 0 Å². The van der Waals surface area contributed by atoms with Crippen molar-refractivity contribution in [2.45, 2.75) is 13.3 Å². The Kier molecular flexibility index (Phi) is 4.05. The minimum Gasteiger partial charge on any atom is -0.422 e. The maximum Gasteiger partial charge on any atom is 0.311 e. The third-order valence-corrected chi connectivity index (χ3v) is 2.73. The van der Waals surface area contributed by atoms with Crippen LogP contribution in [0.3, 0.4) is 0 Å². The molecule has 0 aliphatic rings. The first-order valence-corrected chi connectivity index (χ1v) is 6.25. The number of nitrogens with zero attached hydrogens (tertiary/aromatic N) is 2. The maximum atomic E-state index is 11.3. The second kappa shape index (κ2) is 5.75. The molecule has 0 aliphatic heterocycles. The topological polar surface area (TPSA) is 87.2 Å². The lowest BCUT2D eigenvalue weighted by Gasteiger charge is -2.00. The van der Waals surface area contributed by atoms with E-state index in [1.807, 2.05) is 0 Å². The number of carbonyl (C=O) groups excluding carboxylic acids is 2. The van der Waals surface area contributed by atoms with E-state index in [0.717, 1.165) is 0 Å². The van der Waals surface area contributed by atoms with Gasteiger partial charge in [0.15, 0.2) is 11.4 Å². The summed E-state index contributed by atoms with van der Waals surface area (Å²) in [6, 6.07) is 6.85. The van der Waals surface area contributed by atoms with Crippen LogP contribution in [0.5, 0.6) is 5.75 Å². The molecule has 0 bridgehead atoms. The van der Waals surface area contributed by atoms with Crippen LogP contribution in [0.4, 0.5) is 0 Å². The van der Waals surface area contributed by atoms with Crippen LogP contribution in [0.2, 0.25) is 5.02 Å². The zero-order chi connectivity index (χ0) is 14.7. The van der Waals surface area contributed by atoms with Gasteiger partial charge in [0.2, 0.25) is 0 Å². The molecule has 1 aromatic heterocycles. The number of esters is 1. The highest BCUT2D eigenvalue weighted by molar-refractivity contribution is 6.30. The van der Waals surface area contributed by atoms with Crippen molar-refractivity contribution in [3.05, 3.63) is 41.2 Å². The first-order valence-electron chi connectivity index (χ1n) is 5.87. The molecule has 0 radical (unpaired) electrons. The van der Waals surface area contributed by atoms with Gasteiger partial charge >= 0.3 is 5.97 Å². The molecule has 0 saturated carbocycles. The highest BCUT2D eigenvalue weighted by atomic mass is 35.5. The van der Waals surface area contributed by atoms with Gasteiger partial charge in [-0.25, -0.2) is 4.68 Å². The Morgan fingerprint density at radius 1 is 1.45 bits per heavy atom. The normalized spacial score (nSPS) is 10.3. The fraction of sp³-hybridized carbons (Fsp3) is 0.154. The summed E-state index contributed by atoms with van der Waals surface area (Å²) in [4.78, 5) is 22.7. The summed E-state index contributed by atoms with van der Waals surface area (Å²) in [6.45, 7) is 1.65. The van der Waals surface area contributed by atoms with Gasteiger partial charge in [-0.15, -0.1) is 0 Å². The zero-order valence-corrected chi connectivity index (χ0v) is 11.4. The number of ether oxygens (including phenoxy) is 1. The lowest BCUT2D eigenvalue weighted by Crippen LogP contribution is -2.15. The number of amides is 1. The van der Waals surface area contributed by atoms with Crippen LogP contribution >= 0.6 is 11.6 Å². The van der Waals surface area contributed by atoms with Gasteiger partial charge in [-0.2, -0.15) is 5.10 Å². The smallest absolute Gasteiger partial charge is 0.311 e. The Morgan fingerprint density at radius 3 is 2.80 bits per heavy atom. The molecule has 1 amide bonds. The molecule has 0 unspecified atom stereocenters. The Labute approximate surface area is 120 Å². The second-order valence-corrected chi connectivity index (χ2v) is 4.39. The number of benzene rings is 1. The quantitative estimate of drug-likeness (QED) is 0.873. The molecule has 0 saturated heterocycles. The lowest BCUT2D eigenvalue weighted by molar-refractivity contribution is -0.134. The number of hydrogen-bond donors (Lipinski definition) is 1. The van der Waals surface area contributed by atoms with Crippen molar-refractivity contribution in [3.8, 4) is 11.4 Å². The van der Waals surface area contributed by atoms with E-state index in [2.05, 4.69) is 5.10 Å². The Bertz CT molecular complexity index is 667. The average Bonchev–Trinajstić information content (AvgIpc) is 2.82. The second-order valence-electron chi connectivity index (χ2n) is 3.96. The fourth-order valence-corrected chi connectivity index (χ4v) is 1.73. The summed E-state index contributed by atoms with van der Waals surface area (Å²) >= 11 is 5.89. The minimum absolute atomic E-state index is 0.0318. The first kappa shape index (κ1) is 14.1. The van der Waals surface area contributed by atoms with Gasteiger partial charge in [0.25, 0.3) is 5.91 Å². The van der Waals surface area contributed by atoms with Gasteiger partial charge in [-0.05, 0) is 18.2 Å². The maximum absolute atomic E-state index is 11.3. The largest absolute Gasteiger partial charge is 0.422 e. The van der Waals surface area contributed by atoms with Crippen molar-refractivity contribution in [1.29, 1.82) is 0 Å². The van der Waals surface area contributed by atoms with Crippen molar-refractivity contribution in [1.82, 2.24) is 9.78 Å². The molecule has 2 rings (SSSR count). The standard InChI is InChI=1S/C13H12ClN3O3/c1-2-11(18)20-10-7-17(16-12(10)13(15)19)9-5-3-4-8(14)6-9/h3-7H,2H2,1H3,(H2,15,19). The number of rotatable bonds is 4. The molecule has 7 heteroatoms. The number of aromatic nitrogens is 2. The van der Waals surface area contributed by atoms with Gasteiger partial charge in [0.05, 0.1) is 11.9 Å². The molecule has 0 spiro atoms. The van der Waals surface area contributed by atoms with Gasteiger partial charge < -0.3 is 10.5 Å². The van der Waals surface area contributed by atoms with E-state index in [1.54, 1.807) is 31.2 Å². The molecule has 0 aliphatic carbocycles. The van der Waals surface area contributed by atoms with Crippen molar-refractivity contribution in [2.24, 2.45) is 5.73 Å². The third kappa shape index (κ3) is 2.97. The number of carbonyl (C=O) groups is 2. The number of hydrogen-bond acceptors (Lipinski definition) is 4. The highest BCUT2D eigenvalue weighted by Crippen LogP contribution is 2.21. The highest BCUT2D eigenvalue weighted by Gasteiger charge is 2.18. The fourth-order valence-electron chi connectivity index (χ4n) is 1.55. The molecule has 104 valence electrons. The third-order valence-electron chi connectivity index (χ3n) is 2.50.